The van der Waals surface area contributed by atoms with Crippen LogP contribution in [0.3, 0.4) is 0 Å². The first-order valence-electron chi connectivity index (χ1n) is 7.07. The Bertz CT molecular complexity index is 336. The minimum atomic E-state index is 0.201. The molecule has 0 radical (unpaired) electrons. The Balaban J connectivity index is 2.49. The van der Waals surface area contributed by atoms with Crippen LogP contribution < -0.4 is 0 Å². The second kappa shape index (κ2) is 7.52. The molecule has 1 aromatic heterocycles. The maximum atomic E-state index is 5.35. The standard InChI is InChI=1S/C14H27N3O/c1-6-7-8-13-15-14(18-16-13)12(4)17(5)10-9-11(2)3/h11-12H,6-10H2,1-5H3. The van der Waals surface area contributed by atoms with E-state index in [9.17, 15) is 0 Å². The summed E-state index contributed by atoms with van der Waals surface area (Å²) in [5.74, 6) is 2.31. The molecule has 18 heavy (non-hydrogen) atoms. The molecule has 0 aliphatic rings. The van der Waals surface area contributed by atoms with Crippen LogP contribution >= 0.6 is 0 Å². The lowest BCUT2D eigenvalue weighted by Gasteiger charge is -2.22. The Labute approximate surface area is 111 Å². The van der Waals surface area contributed by atoms with Gasteiger partial charge >= 0.3 is 0 Å². The van der Waals surface area contributed by atoms with Gasteiger partial charge in [-0.15, -0.1) is 0 Å². The smallest absolute Gasteiger partial charge is 0.243 e. The molecule has 0 spiro atoms. The number of hydrogen-bond acceptors (Lipinski definition) is 4. The first-order chi connectivity index (χ1) is 8.54. The summed E-state index contributed by atoms with van der Waals surface area (Å²) in [5, 5.41) is 4.04. The van der Waals surface area contributed by atoms with Crippen LogP contribution in [0.15, 0.2) is 4.52 Å². The summed E-state index contributed by atoms with van der Waals surface area (Å²) in [6.45, 7) is 9.84. The zero-order valence-electron chi connectivity index (χ0n) is 12.4. The predicted molar refractivity (Wildman–Crippen MR) is 73.4 cm³/mol. The summed E-state index contributed by atoms with van der Waals surface area (Å²) in [6, 6.07) is 0.201. The summed E-state index contributed by atoms with van der Waals surface area (Å²) in [5.41, 5.74) is 0. The number of nitrogens with zero attached hydrogens (tertiary/aromatic N) is 3. The minimum Gasteiger partial charge on any atom is -0.338 e. The summed E-state index contributed by atoms with van der Waals surface area (Å²) >= 11 is 0. The lowest BCUT2D eigenvalue weighted by molar-refractivity contribution is 0.200. The summed E-state index contributed by atoms with van der Waals surface area (Å²) in [6.07, 6.45) is 4.39. The number of unbranched alkanes of at least 4 members (excludes halogenated alkanes) is 1. The van der Waals surface area contributed by atoms with E-state index in [0.29, 0.717) is 0 Å². The van der Waals surface area contributed by atoms with Crippen molar-refractivity contribution in [3.63, 3.8) is 0 Å². The lowest BCUT2D eigenvalue weighted by atomic mass is 10.1. The van der Waals surface area contributed by atoms with E-state index in [-0.39, 0.29) is 6.04 Å². The Morgan fingerprint density at radius 1 is 1.28 bits per heavy atom. The van der Waals surface area contributed by atoms with Gasteiger partial charge in [0.1, 0.15) is 0 Å². The fourth-order valence-corrected chi connectivity index (χ4v) is 1.72. The molecule has 0 bridgehead atoms. The van der Waals surface area contributed by atoms with Crippen LogP contribution in [-0.2, 0) is 6.42 Å². The number of hydrogen-bond donors (Lipinski definition) is 0. The summed E-state index contributed by atoms with van der Waals surface area (Å²) in [7, 11) is 2.11. The molecule has 1 heterocycles. The fourth-order valence-electron chi connectivity index (χ4n) is 1.72. The fraction of sp³-hybridized carbons (Fsp3) is 0.857. The Morgan fingerprint density at radius 3 is 2.61 bits per heavy atom. The van der Waals surface area contributed by atoms with E-state index in [2.05, 4.69) is 49.8 Å². The van der Waals surface area contributed by atoms with Gasteiger partial charge in [0.2, 0.25) is 5.89 Å². The molecule has 0 aliphatic heterocycles. The van der Waals surface area contributed by atoms with Crippen molar-refractivity contribution in [3.8, 4) is 0 Å². The first-order valence-corrected chi connectivity index (χ1v) is 7.07. The molecule has 0 fully saturated rings. The van der Waals surface area contributed by atoms with Crippen LogP contribution in [0.5, 0.6) is 0 Å². The number of aryl methyl sites for hydroxylation is 1. The van der Waals surface area contributed by atoms with E-state index in [4.69, 9.17) is 4.52 Å². The SMILES string of the molecule is CCCCc1noc(C(C)N(C)CCC(C)C)n1. The van der Waals surface area contributed by atoms with E-state index in [1.54, 1.807) is 0 Å². The van der Waals surface area contributed by atoms with Crippen LogP contribution in [0.4, 0.5) is 0 Å². The molecule has 0 saturated carbocycles. The monoisotopic (exact) mass is 253 g/mol. The zero-order valence-corrected chi connectivity index (χ0v) is 12.4. The van der Waals surface area contributed by atoms with Gasteiger partial charge in [-0.2, -0.15) is 4.98 Å². The van der Waals surface area contributed by atoms with Crippen LogP contribution in [0, 0.1) is 5.92 Å². The maximum absolute atomic E-state index is 5.35. The van der Waals surface area contributed by atoms with Crippen LogP contribution in [0.25, 0.3) is 0 Å². The van der Waals surface area contributed by atoms with Crippen LogP contribution in [0.2, 0.25) is 0 Å². The van der Waals surface area contributed by atoms with Crippen LogP contribution in [0.1, 0.15) is 64.7 Å². The molecule has 0 aromatic carbocycles. The van der Waals surface area contributed by atoms with Crippen molar-refractivity contribution in [2.45, 2.75) is 59.4 Å². The third-order valence-corrected chi connectivity index (χ3v) is 3.32. The average Bonchev–Trinajstić information content (AvgIpc) is 2.81. The highest BCUT2D eigenvalue weighted by atomic mass is 16.5. The van der Waals surface area contributed by atoms with Gasteiger partial charge < -0.3 is 4.52 Å². The average molecular weight is 253 g/mol. The largest absolute Gasteiger partial charge is 0.338 e. The van der Waals surface area contributed by atoms with E-state index in [1.165, 1.54) is 6.42 Å². The van der Waals surface area contributed by atoms with E-state index >= 15 is 0 Å². The van der Waals surface area contributed by atoms with Crippen molar-refractivity contribution in [1.29, 1.82) is 0 Å². The summed E-state index contributed by atoms with van der Waals surface area (Å²) < 4.78 is 5.35. The van der Waals surface area contributed by atoms with E-state index in [0.717, 1.165) is 43.4 Å². The Hall–Kier alpha value is -0.900. The van der Waals surface area contributed by atoms with Crippen molar-refractivity contribution in [2.24, 2.45) is 5.92 Å². The number of rotatable bonds is 8. The third-order valence-electron chi connectivity index (χ3n) is 3.32. The Morgan fingerprint density at radius 2 is 2.00 bits per heavy atom. The second-order valence-corrected chi connectivity index (χ2v) is 5.49. The first kappa shape index (κ1) is 15.2. The van der Waals surface area contributed by atoms with Gasteiger partial charge in [-0.3, -0.25) is 4.90 Å². The van der Waals surface area contributed by atoms with Gasteiger partial charge in [0.15, 0.2) is 5.82 Å². The maximum Gasteiger partial charge on any atom is 0.243 e. The highest BCUT2D eigenvalue weighted by molar-refractivity contribution is 4.91. The molecule has 1 rings (SSSR count). The molecule has 1 atom stereocenters. The molecule has 1 aromatic rings. The van der Waals surface area contributed by atoms with Gasteiger partial charge in [0.25, 0.3) is 0 Å². The second-order valence-electron chi connectivity index (χ2n) is 5.49. The molecule has 104 valence electrons. The molecular formula is C14H27N3O. The minimum absolute atomic E-state index is 0.201. The molecule has 1 unspecified atom stereocenters. The molecular weight excluding hydrogens is 226 g/mol. The molecule has 0 N–H and O–H groups in total. The van der Waals surface area contributed by atoms with Crippen molar-refractivity contribution in [3.05, 3.63) is 11.7 Å². The third kappa shape index (κ3) is 4.77. The Kier molecular flexibility index (Phi) is 6.33. The molecule has 4 nitrogen and oxygen atoms in total. The highest BCUT2D eigenvalue weighted by Crippen LogP contribution is 2.18. The van der Waals surface area contributed by atoms with E-state index < -0.39 is 0 Å². The molecule has 4 heteroatoms. The van der Waals surface area contributed by atoms with Gasteiger partial charge in [-0.1, -0.05) is 32.3 Å². The zero-order chi connectivity index (χ0) is 13.5. The predicted octanol–water partition coefficient (Wildman–Crippen LogP) is 3.45. The van der Waals surface area contributed by atoms with Gasteiger partial charge in [-0.25, -0.2) is 0 Å². The highest BCUT2D eigenvalue weighted by Gasteiger charge is 2.18. The van der Waals surface area contributed by atoms with Crippen molar-refractivity contribution in [2.75, 3.05) is 13.6 Å². The molecule has 0 aliphatic carbocycles. The van der Waals surface area contributed by atoms with Gasteiger partial charge in [0, 0.05) is 6.42 Å². The van der Waals surface area contributed by atoms with Crippen LogP contribution in [-0.4, -0.2) is 28.6 Å². The molecule has 0 amide bonds. The van der Waals surface area contributed by atoms with Crippen molar-refractivity contribution >= 4 is 0 Å². The topological polar surface area (TPSA) is 42.2 Å². The quantitative estimate of drug-likeness (QED) is 0.711. The molecule has 0 saturated heterocycles. The normalized spacial score (nSPS) is 13.5. The summed E-state index contributed by atoms with van der Waals surface area (Å²) in [4.78, 5) is 6.75. The lowest BCUT2D eigenvalue weighted by Crippen LogP contribution is -2.24. The van der Waals surface area contributed by atoms with Crippen molar-refractivity contribution in [1.82, 2.24) is 15.0 Å². The van der Waals surface area contributed by atoms with Gasteiger partial charge in [0.05, 0.1) is 6.04 Å². The van der Waals surface area contributed by atoms with E-state index in [1.807, 2.05) is 0 Å². The van der Waals surface area contributed by atoms with Crippen molar-refractivity contribution < 1.29 is 4.52 Å². The number of aromatic nitrogens is 2. The van der Waals surface area contributed by atoms with Gasteiger partial charge in [-0.05, 0) is 39.3 Å².